The zero-order chi connectivity index (χ0) is 18.8. The summed E-state index contributed by atoms with van der Waals surface area (Å²) in [5.74, 6) is -0.497. The van der Waals surface area contributed by atoms with Gasteiger partial charge >= 0.3 is 11.9 Å². The minimum Gasteiger partial charge on any atom is -0.462 e. The summed E-state index contributed by atoms with van der Waals surface area (Å²) in [5.41, 5.74) is 0.0647. The summed E-state index contributed by atoms with van der Waals surface area (Å²) in [4.78, 5) is 37.8. The maximum absolute atomic E-state index is 12.5. The molecule has 0 spiro atoms. The van der Waals surface area contributed by atoms with Crippen molar-refractivity contribution in [3.8, 4) is 0 Å². The molecule has 1 saturated carbocycles. The lowest BCUT2D eigenvalue weighted by molar-refractivity contribution is -0.156. The van der Waals surface area contributed by atoms with Gasteiger partial charge in [0, 0.05) is 23.5 Å². The second kappa shape index (κ2) is 7.58. The van der Waals surface area contributed by atoms with Crippen LogP contribution in [0.15, 0.2) is 12.2 Å². The quantitative estimate of drug-likeness (QED) is 0.418. The Hall–Kier alpha value is -1.85. The second-order valence-electron chi connectivity index (χ2n) is 8.00. The van der Waals surface area contributed by atoms with Crippen molar-refractivity contribution in [2.45, 2.75) is 77.5 Å². The van der Waals surface area contributed by atoms with Crippen LogP contribution in [0.2, 0.25) is 0 Å². The van der Waals surface area contributed by atoms with Crippen LogP contribution in [0.5, 0.6) is 0 Å². The van der Waals surface area contributed by atoms with Gasteiger partial charge in [-0.1, -0.05) is 6.58 Å². The van der Waals surface area contributed by atoms with Gasteiger partial charge in [-0.05, 0) is 53.4 Å². The van der Waals surface area contributed by atoms with Gasteiger partial charge in [-0.3, -0.25) is 9.59 Å². The van der Waals surface area contributed by atoms with E-state index in [-0.39, 0.29) is 48.5 Å². The predicted molar refractivity (Wildman–Crippen MR) is 92.6 cm³/mol. The first-order chi connectivity index (χ1) is 11.6. The number of ether oxygens (including phenoxy) is 2. The van der Waals surface area contributed by atoms with Crippen LogP contribution < -0.4 is 0 Å². The van der Waals surface area contributed by atoms with Crippen LogP contribution >= 0.6 is 0 Å². The highest BCUT2D eigenvalue weighted by Crippen LogP contribution is 2.41. The number of rotatable bonds is 6. The molecule has 0 aromatic carbocycles. The van der Waals surface area contributed by atoms with Crippen molar-refractivity contribution in [2.24, 2.45) is 5.92 Å². The summed E-state index contributed by atoms with van der Waals surface area (Å²) in [7, 11) is 0. The minimum absolute atomic E-state index is 0.0311. The third-order valence-corrected chi connectivity index (χ3v) is 4.79. The molecular formula is C19H29NO5. The van der Waals surface area contributed by atoms with Crippen molar-refractivity contribution in [2.75, 3.05) is 6.61 Å². The van der Waals surface area contributed by atoms with Gasteiger partial charge in [0.2, 0.25) is 5.91 Å². The highest BCUT2D eigenvalue weighted by molar-refractivity contribution is 5.87. The largest absolute Gasteiger partial charge is 0.462 e. The Balaban J connectivity index is 1.83. The molecule has 0 radical (unpaired) electrons. The second-order valence-corrected chi connectivity index (χ2v) is 8.00. The number of carbonyl (C=O) groups excluding carboxylic acids is 3. The Morgan fingerprint density at radius 1 is 1.28 bits per heavy atom. The molecule has 1 heterocycles. The van der Waals surface area contributed by atoms with Gasteiger partial charge in [-0.25, -0.2) is 4.79 Å². The summed E-state index contributed by atoms with van der Waals surface area (Å²) in [5, 5.41) is 0. The van der Waals surface area contributed by atoms with E-state index in [1.807, 2.05) is 25.7 Å². The molecule has 25 heavy (non-hydrogen) atoms. The first-order valence-electron chi connectivity index (χ1n) is 8.96. The maximum Gasteiger partial charge on any atom is 0.333 e. The fourth-order valence-corrected chi connectivity index (χ4v) is 3.67. The molecule has 0 aromatic rings. The van der Waals surface area contributed by atoms with Crippen LogP contribution in [0.3, 0.4) is 0 Å². The molecule has 2 bridgehead atoms. The van der Waals surface area contributed by atoms with E-state index in [1.54, 1.807) is 6.92 Å². The number of esters is 2. The molecule has 0 N–H and O–H groups in total. The number of nitrogens with zero attached hydrogens (tertiary/aromatic N) is 1. The summed E-state index contributed by atoms with van der Waals surface area (Å²) >= 11 is 0. The Bertz CT molecular complexity index is 563. The van der Waals surface area contributed by atoms with E-state index < -0.39 is 5.97 Å². The van der Waals surface area contributed by atoms with Crippen LogP contribution in [-0.2, 0) is 23.9 Å². The van der Waals surface area contributed by atoms with E-state index in [4.69, 9.17) is 9.47 Å². The SMILES string of the molecule is C=C(C)C(=O)OCCCC(=O)OC1CCC2CC1N(C(C)(C)C)C2=O. The first-order valence-corrected chi connectivity index (χ1v) is 8.96. The smallest absolute Gasteiger partial charge is 0.333 e. The Labute approximate surface area is 149 Å². The van der Waals surface area contributed by atoms with Gasteiger partial charge in [0.05, 0.1) is 12.6 Å². The molecule has 1 aliphatic heterocycles. The molecule has 3 unspecified atom stereocenters. The predicted octanol–water partition coefficient (Wildman–Crippen LogP) is 2.61. The third kappa shape index (κ3) is 4.61. The molecule has 140 valence electrons. The van der Waals surface area contributed by atoms with Crippen molar-refractivity contribution in [1.82, 2.24) is 4.90 Å². The summed E-state index contributed by atoms with van der Waals surface area (Å²) in [6.07, 6.45) is 2.64. The average Bonchev–Trinajstić information content (AvgIpc) is 2.78. The highest BCUT2D eigenvalue weighted by atomic mass is 16.5. The van der Waals surface area contributed by atoms with Gasteiger partial charge in [0.25, 0.3) is 0 Å². The summed E-state index contributed by atoms with van der Waals surface area (Å²) < 4.78 is 10.6. The number of carbonyl (C=O) groups is 3. The molecule has 1 amide bonds. The third-order valence-electron chi connectivity index (χ3n) is 4.79. The van der Waals surface area contributed by atoms with E-state index in [9.17, 15) is 14.4 Å². The van der Waals surface area contributed by atoms with Gasteiger partial charge in [-0.15, -0.1) is 0 Å². The van der Waals surface area contributed by atoms with E-state index in [0.29, 0.717) is 12.0 Å². The molecule has 2 aliphatic rings. The van der Waals surface area contributed by atoms with Crippen LogP contribution in [0.4, 0.5) is 0 Å². The van der Waals surface area contributed by atoms with E-state index >= 15 is 0 Å². The Morgan fingerprint density at radius 2 is 1.96 bits per heavy atom. The lowest BCUT2D eigenvalue weighted by Gasteiger charge is -2.40. The molecular weight excluding hydrogens is 322 g/mol. The number of hydrogen-bond donors (Lipinski definition) is 0. The molecule has 2 rings (SSSR count). The number of likely N-dealkylation sites (tertiary alicyclic amines) is 1. The monoisotopic (exact) mass is 351 g/mol. The van der Waals surface area contributed by atoms with E-state index in [0.717, 1.165) is 19.3 Å². The number of amides is 1. The van der Waals surface area contributed by atoms with Crippen molar-refractivity contribution in [3.05, 3.63) is 12.2 Å². The fourth-order valence-electron chi connectivity index (χ4n) is 3.67. The lowest BCUT2D eigenvalue weighted by Crippen LogP contribution is -2.51. The normalized spacial score (nSPS) is 25.7. The minimum atomic E-state index is -0.447. The van der Waals surface area contributed by atoms with Crippen LogP contribution in [0.25, 0.3) is 0 Å². The average molecular weight is 351 g/mol. The van der Waals surface area contributed by atoms with E-state index in [2.05, 4.69) is 6.58 Å². The van der Waals surface area contributed by atoms with Crippen LogP contribution in [0, 0.1) is 5.92 Å². The van der Waals surface area contributed by atoms with Crippen molar-refractivity contribution in [3.63, 3.8) is 0 Å². The van der Waals surface area contributed by atoms with Gasteiger partial charge in [-0.2, -0.15) is 0 Å². The molecule has 3 atom stereocenters. The Morgan fingerprint density at radius 3 is 2.56 bits per heavy atom. The molecule has 6 nitrogen and oxygen atoms in total. The molecule has 2 fully saturated rings. The Kier molecular flexibility index (Phi) is 5.91. The van der Waals surface area contributed by atoms with Crippen molar-refractivity contribution >= 4 is 17.8 Å². The molecule has 1 aliphatic carbocycles. The van der Waals surface area contributed by atoms with Crippen molar-refractivity contribution in [1.29, 1.82) is 0 Å². The fraction of sp³-hybridized carbons (Fsp3) is 0.737. The van der Waals surface area contributed by atoms with Gasteiger partial charge < -0.3 is 14.4 Å². The zero-order valence-corrected chi connectivity index (χ0v) is 15.7. The topological polar surface area (TPSA) is 72.9 Å². The summed E-state index contributed by atoms with van der Waals surface area (Å²) in [6, 6.07) is -0.0311. The van der Waals surface area contributed by atoms with Gasteiger partial charge in [0.1, 0.15) is 6.10 Å². The molecule has 0 aromatic heterocycles. The molecule has 1 saturated heterocycles. The van der Waals surface area contributed by atoms with Crippen LogP contribution in [0.1, 0.15) is 59.8 Å². The number of fused-ring (bicyclic) bond motifs is 2. The lowest BCUT2D eigenvalue weighted by atomic mass is 9.87. The maximum atomic E-state index is 12.5. The standard InChI is InChI=1S/C19H29NO5/c1-12(2)18(23)24-10-6-7-16(21)25-15-9-8-13-11-14(15)20(17(13)22)19(3,4)5/h13-15H,1,6-11H2,2-5H3. The summed E-state index contributed by atoms with van der Waals surface area (Å²) in [6.45, 7) is 11.3. The van der Waals surface area contributed by atoms with Crippen LogP contribution in [-0.4, -0.2) is 47.0 Å². The molecule has 6 heteroatoms. The van der Waals surface area contributed by atoms with Crippen molar-refractivity contribution < 1.29 is 23.9 Å². The highest BCUT2D eigenvalue weighted by Gasteiger charge is 2.51. The zero-order valence-electron chi connectivity index (χ0n) is 15.7. The van der Waals surface area contributed by atoms with E-state index in [1.165, 1.54) is 0 Å². The number of hydrogen-bond acceptors (Lipinski definition) is 5. The van der Waals surface area contributed by atoms with Gasteiger partial charge in [0.15, 0.2) is 0 Å². The first kappa shape index (κ1) is 19.5.